The number of aromatic nitrogens is 2. The number of benzene rings is 1. The molecule has 2 heterocycles. The SMILES string of the molecule is CN(CC=O)N[C@@H]1CCCN(c2cncc(Nc3ccccc3)n2)C1. The van der Waals surface area contributed by atoms with Crippen molar-refractivity contribution in [3.63, 3.8) is 0 Å². The molecular formula is C18H24N6O. The number of anilines is 3. The number of para-hydroxylation sites is 1. The van der Waals surface area contributed by atoms with Crippen LogP contribution in [0, 0.1) is 0 Å². The quantitative estimate of drug-likeness (QED) is 0.588. The van der Waals surface area contributed by atoms with Crippen LogP contribution in [0.3, 0.4) is 0 Å². The van der Waals surface area contributed by atoms with Crippen LogP contribution in [-0.4, -0.2) is 54.0 Å². The summed E-state index contributed by atoms with van der Waals surface area (Å²) in [5, 5.41) is 5.11. The summed E-state index contributed by atoms with van der Waals surface area (Å²) in [6.07, 6.45) is 6.58. The third-order valence-electron chi connectivity index (χ3n) is 4.16. The van der Waals surface area contributed by atoms with Gasteiger partial charge < -0.3 is 15.0 Å². The second-order valence-electron chi connectivity index (χ2n) is 6.21. The Balaban J connectivity index is 1.64. The van der Waals surface area contributed by atoms with E-state index < -0.39 is 0 Å². The van der Waals surface area contributed by atoms with Gasteiger partial charge in [0.2, 0.25) is 0 Å². The van der Waals surface area contributed by atoms with Gasteiger partial charge in [0.1, 0.15) is 12.1 Å². The van der Waals surface area contributed by atoms with E-state index in [1.807, 2.05) is 42.4 Å². The first-order chi connectivity index (χ1) is 12.2. The first-order valence-corrected chi connectivity index (χ1v) is 8.54. The monoisotopic (exact) mass is 340 g/mol. The van der Waals surface area contributed by atoms with Gasteiger partial charge in [-0.2, -0.15) is 0 Å². The van der Waals surface area contributed by atoms with Gasteiger partial charge in [0.25, 0.3) is 0 Å². The highest BCUT2D eigenvalue weighted by atomic mass is 16.1. The predicted octanol–water partition coefficient (Wildman–Crippen LogP) is 1.82. The molecule has 1 saturated heterocycles. The van der Waals surface area contributed by atoms with Gasteiger partial charge in [0, 0.05) is 31.9 Å². The first-order valence-electron chi connectivity index (χ1n) is 8.54. The van der Waals surface area contributed by atoms with Crippen LogP contribution in [0.2, 0.25) is 0 Å². The number of rotatable bonds is 7. The number of carbonyl (C=O) groups excluding carboxylic acids is 1. The molecule has 2 N–H and O–H groups in total. The van der Waals surface area contributed by atoms with E-state index in [1.165, 1.54) is 0 Å². The van der Waals surface area contributed by atoms with Crippen LogP contribution in [0.25, 0.3) is 0 Å². The fourth-order valence-corrected chi connectivity index (χ4v) is 3.00. The minimum atomic E-state index is 0.297. The van der Waals surface area contributed by atoms with Gasteiger partial charge in [-0.1, -0.05) is 18.2 Å². The van der Waals surface area contributed by atoms with Gasteiger partial charge in [-0.15, -0.1) is 0 Å². The average Bonchev–Trinajstić information content (AvgIpc) is 2.63. The fraction of sp³-hybridized carbons (Fsp3) is 0.389. The van der Waals surface area contributed by atoms with Gasteiger partial charge in [-0.3, -0.25) is 10.4 Å². The fourth-order valence-electron chi connectivity index (χ4n) is 3.00. The maximum absolute atomic E-state index is 10.6. The summed E-state index contributed by atoms with van der Waals surface area (Å²) >= 11 is 0. The highest BCUT2D eigenvalue weighted by Gasteiger charge is 2.22. The van der Waals surface area contributed by atoms with Crippen molar-refractivity contribution in [3.8, 4) is 0 Å². The third-order valence-corrected chi connectivity index (χ3v) is 4.16. The summed E-state index contributed by atoms with van der Waals surface area (Å²) in [5.41, 5.74) is 4.36. The molecule has 2 aromatic rings. The molecule has 7 heteroatoms. The van der Waals surface area contributed by atoms with E-state index in [0.29, 0.717) is 12.6 Å². The summed E-state index contributed by atoms with van der Waals surface area (Å²) in [6.45, 7) is 2.18. The largest absolute Gasteiger partial charge is 0.354 e. The van der Waals surface area contributed by atoms with E-state index in [2.05, 4.69) is 20.6 Å². The zero-order valence-electron chi connectivity index (χ0n) is 14.4. The van der Waals surface area contributed by atoms with Crippen molar-refractivity contribution in [2.24, 2.45) is 0 Å². The van der Waals surface area contributed by atoms with Gasteiger partial charge in [0.05, 0.1) is 18.9 Å². The number of nitrogens with one attached hydrogen (secondary N) is 2. The van der Waals surface area contributed by atoms with Crippen molar-refractivity contribution in [1.29, 1.82) is 0 Å². The standard InChI is InChI=1S/C18H24N6O/c1-23(10-11-25)22-16-8-5-9-24(14-16)18-13-19-12-17(21-18)20-15-6-3-2-4-7-15/h2-4,6-7,11-13,16,22H,5,8-10,14H2,1H3,(H,20,21)/t16-/m1/s1. The smallest absolute Gasteiger partial charge is 0.151 e. The maximum atomic E-state index is 10.6. The summed E-state index contributed by atoms with van der Waals surface area (Å²) in [4.78, 5) is 21.9. The lowest BCUT2D eigenvalue weighted by atomic mass is 10.1. The van der Waals surface area contributed by atoms with Crippen molar-refractivity contribution in [2.75, 3.05) is 36.9 Å². The molecule has 0 amide bonds. The lowest BCUT2D eigenvalue weighted by Crippen LogP contribution is -2.51. The number of piperidine rings is 1. The minimum Gasteiger partial charge on any atom is -0.354 e. The molecule has 7 nitrogen and oxygen atoms in total. The summed E-state index contributed by atoms with van der Waals surface area (Å²) in [6, 6.07) is 10.2. The Labute approximate surface area is 148 Å². The molecule has 1 fully saturated rings. The zero-order valence-corrected chi connectivity index (χ0v) is 14.4. The zero-order chi connectivity index (χ0) is 17.5. The van der Waals surface area contributed by atoms with E-state index in [9.17, 15) is 4.79 Å². The molecule has 0 saturated carbocycles. The Hall–Kier alpha value is -2.51. The lowest BCUT2D eigenvalue weighted by Gasteiger charge is -2.35. The van der Waals surface area contributed by atoms with Crippen LogP contribution in [-0.2, 0) is 4.79 Å². The number of nitrogens with zero attached hydrogens (tertiary/aromatic N) is 4. The topological polar surface area (TPSA) is 73.4 Å². The van der Waals surface area contributed by atoms with Crippen LogP contribution in [0.15, 0.2) is 42.7 Å². The summed E-state index contributed by atoms with van der Waals surface area (Å²) in [5.74, 6) is 1.60. The van der Waals surface area contributed by atoms with Crippen LogP contribution < -0.4 is 15.6 Å². The Bertz CT molecular complexity index is 680. The number of hydrogen-bond donors (Lipinski definition) is 2. The van der Waals surface area contributed by atoms with Gasteiger partial charge in [-0.25, -0.2) is 9.99 Å². The molecule has 0 bridgehead atoms. The predicted molar refractivity (Wildman–Crippen MR) is 98.8 cm³/mol. The Kier molecular flexibility index (Phi) is 5.92. The second kappa shape index (κ2) is 8.55. The molecule has 1 aliphatic heterocycles. The highest BCUT2D eigenvalue weighted by molar-refractivity contribution is 5.57. The van der Waals surface area contributed by atoms with Gasteiger partial charge >= 0.3 is 0 Å². The summed E-state index contributed by atoms with van der Waals surface area (Å²) in [7, 11) is 1.89. The molecule has 0 radical (unpaired) electrons. The molecular weight excluding hydrogens is 316 g/mol. The van der Waals surface area contributed by atoms with Crippen LogP contribution >= 0.6 is 0 Å². The molecule has 25 heavy (non-hydrogen) atoms. The van der Waals surface area contributed by atoms with Crippen molar-refractivity contribution in [2.45, 2.75) is 18.9 Å². The number of carbonyl (C=O) groups is 1. The summed E-state index contributed by atoms with van der Waals surface area (Å²) < 4.78 is 0. The van der Waals surface area contributed by atoms with Gasteiger partial charge in [0.15, 0.2) is 5.82 Å². The molecule has 1 atom stereocenters. The van der Waals surface area contributed by atoms with E-state index >= 15 is 0 Å². The van der Waals surface area contributed by atoms with Crippen LogP contribution in [0.5, 0.6) is 0 Å². The molecule has 0 aliphatic carbocycles. The number of hydrogen-bond acceptors (Lipinski definition) is 7. The number of aldehydes is 1. The molecule has 3 rings (SSSR count). The van der Waals surface area contributed by atoms with E-state index in [-0.39, 0.29) is 0 Å². The molecule has 0 unspecified atom stereocenters. The number of hydrazine groups is 1. The Morgan fingerprint density at radius 3 is 2.96 bits per heavy atom. The second-order valence-corrected chi connectivity index (χ2v) is 6.21. The van der Waals surface area contributed by atoms with Crippen molar-refractivity contribution in [1.82, 2.24) is 20.4 Å². The Morgan fingerprint density at radius 1 is 1.32 bits per heavy atom. The lowest BCUT2D eigenvalue weighted by molar-refractivity contribution is -0.109. The molecule has 1 aromatic carbocycles. The third kappa shape index (κ3) is 4.98. The van der Waals surface area contributed by atoms with Crippen molar-refractivity contribution < 1.29 is 4.79 Å². The van der Waals surface area contributed by atoms with Gasteiger partial charge in [-0.05, 0) is 25.0 Å². The normalized spacial score (nSPS) is 17.5. The minimum absolute atomic E-state index is 0.297. The van der Waals surface area contributed by atoms with Crippen LogP contribution in [0.4, 0.5) is 17.3 Å². The van der Waals surface area contributed by atoms with E-state index in [0.717, 1.165) is 49.5 Å². The molecule has 0 spiro atoms. The first kappa shape index (κ1) is 17.3. The average molecular weight is 340 g/mol. The molecule has 1 aromatic heterocycles. The molecule has 1 aliphatic rings. The number of likely N-dealkylation sites (N-methyl/N-ethyl adjacent to an activating group) is 1. The maximum Gasteiger partial charge on any atom is 0.151 e. The highest BCUT2D eigenvalue weighted by Crippen LogP contribution is 2.20. The van der Waals surface area contributed by atoms with E-state index in [1.54, 1.807) is 12.4 Å². The van der Waals surface area contributed by atoms with E-state index in [4.69, 9.17) is 4.98 Å². The molecule has 132 valence electrons. The Morgan fingerprint density at radius 2 is 2.16 bits per heavy atom. The van der Waals surface area contributed by atoms with Crippen molar-refractivity contribution >= 4 is 23.6 Å². The van der Waals surface area contributed by atoms with Crippen LogP contribution in [0.1, 0.15) is 12.8 Å². The van der Waals surface area contributed by atoms with Crippen molar-refractivity contribution in [3.05, 3.63) is 42.7 Å².